The van der Waals surface area contributed by atoms with Crippen molar-refractivity contribution in [3.63, 3.8) is 0 Å². The van der Waals surface area contributed by atoms with Gasteiger partial charge >= 0.3 is 21.1 Å². The zero-order valence-corrected chi connectivity index (χ0v) is 26.1. The van der Waals surface area contributed by atoms with E-state index in [1.54, 1.807) is 0 Å². The summed E-state index contributed by atoms with van der Waals surface area (Å²) in [5, 5.41) is 0. The van der Waals surface area contributed by atoms with Crippen LogP contribution in [0.15, 0.2) is 164 Å². The van der Waals surface area contributed by atoms with E-state index in [-0.39, 0.29) is 27.8 Å². The number of rotatable bonds is 7. The fourth-order valence-corrected chi connectivity index (χ4v) is 5.75. The second kappa shape index (κ2) is 13.6. The van der Waals surface area contributed by atoms with Crippen LogP contribution in [0.3, 0.4) is 0 Å². The average molecular weight is 742 g/mol. The van der Waals surface area contributed by atoms with Crippen LogP contribution >= 0.6 is 0 Å². The summed E-state index contributed by atoms with van der Waals surface area (Å²) in [6, 6.07) is 60.2. The van der Waals surface area contributed by atoms with E-state index in [2.05, 4.69) is 137 Å². The van der Waals surface area contributed by atoms with Gasteiger partial charge in [0.2, 0.25) is 6.71 Å². The fourth-order valence-electron chi connectivity index (χ4n) is 5.75. The Hall–Kier alpha value is -4.85. The fraction of sp³-hybridized carbons (Fsp3) is 0. The maximum Gasteiger partial charge on any atom is 2.00 e. The van der Waals surface area contributed by atoms with Crippen LogP contribution in [0.2, 0.25) is 0 Å². The Labute approximate surface area is 273 Å². The molecule has 7 rings (SSSR count). The minimum absolute atomic E-state index is 0. The number of hydrogen-bond donors (Lipinski definition) is 0. The molecule has 0 aliphatic rings. The van der Waals surface area contributed by atoms with Gasteiger partial charge in [0.25, 0.3) is 0 Å². The number of pyridine rings is 2. The molecule has 2 heterocycles. The minimum Gasteiger partial charge on any atom is -0.305 e. The Morgan fingerprint density at radius 1 is 0.409 bits per heavy atom. The molecule has 0 fully saturated rings. The molecular weight excluding hydrogens is 714 g/mol. The van der Waals surface area contributed by atoms with Gasteiger partial charge in [-0.1, -0.05) is 109 Å². The third-order valence-electron chi connectivity index (χ3n) is 7.70. The summed E-state index contributed by atoms with van der Waals surface area (Å²) < 4.78 is 0. The zero-order valence-electron chi connectivity index (χ0n) is 23.9. The molecule has 0 aliphatic heterocycles. The second-order valence-electron chi connectivity index (χ2n) is 10.4. The van der Waals surface area contributed by atoms with Crippen LogP contribution in [-0.4, -0.2) is 16.7 Å². The Kier molecular flexibility index (Phi) is 9.06. The van der Waals surface area contributed by atoms with Crippen LogP contribution < -0.4 is 16.4 Å². The molecule has 0 atom stereocenters. The Bertz CT molecular complexity index is 1820. The Morgan fingerprint density at radius 3 is 1.27 bits per heavy atom. The van der Waals surface area contributed by atoms with E-state index in [0.29, 0.717) is 0 Å². The normalized spacial score (nSPS) is 10.5. The molecule has 0 saturated heterocycles. The van der Waals surface area contributed by atoms with Gasteiger partial charge in [-0.15, -0.1) is 59.7 Å². The smallest absolute Gasteiger partial charge is 0.305 e. The molecule has 0 saturated carbocycles. The van der Waals surface area contributed by atoms with Gasteiger partial charge in [-0.2, -0.15) is 10.9 Å². The van der Waals surface area contributed by atoms with Gasteiger partial charge in [0, 0.05) is 12.4 Å². The van der Waals surface area contributed by atoms with E-state index >= 15 is 0 Å². The number of hydrogen-bond acceptors (Lipinski definition) is 2. The predicted molar refractivity (Wildman–Crippen MR) is 179 cm³/mol. The van der Waals surface area contributed by atoms with Gasteiger partial charge in [-0.25, -0.2) is 0 Å². The first kappa shape index (κ1) is 29.2. The van der Waals surface area contributed by atoms with Gasteiger partial charge in [0.15, 0.2) is 0 Å². The Balaban J connectivity index is 0.00000343. The third-order valence-corrected chi connectivity index (χ3v) is 7.70. The van der Waals surface area contributed by atoms with Crippen LogP contribution in [0.4, 0.5) is 0 Å². The summed E-state index contributed by atoms with van der Waals surface area (Å²) in [5.74, 6) is 0. The van der Waals surface area contributed by atoms with Crippen molar-refractivity contribution < 1.29 is 21.1 Å². The molecule has 0 amide bonds. The van der Waals surface area contributed by atoms with Crippen molar-refractivity contribution in [3.8, 4) is 44.8 Å². The van der Waals surface area contributed by atoms with Crippen LogP contribution in [-0.2, 0) is 21.1 Å². The molecule has 44 heavy (non-hydrogen) atoms. The zero-order chi connectivity index (χ0) is 28.8. The predicted octanol–water partition coefficient (Wildman–Crippen LogP) is 7.26. The standard InChI is InChI=1S/C40H27BN2.Pt/c1-3-14-30(15-4-1)36-22-13-23-37(31-16-5-2-6-17-31)40(36)41(34-20-11-18-32(28-34)38-24-7-9-26-42-38)35-21-12-19-33(29-35)39-25-8-10-27-43-39;/h1-27H;/q-2;+2. The quantitative estimate of drug-likeness (QED) is 0.127. The van der Waals surface area contributed by atoms with Crippen molar-refractivity contribution in [2.75, 3.05) is 0 Å². The molecular formula is C40H27BN2Pt. The topological polar surface area (TPSA) is 25.8 Å². The first-order chi connectivity index (χ1) is 21.3. The number of benzene rings is 5. The molecule has 0 spiro atoms. The van der Waals surface area contributed by atoms with Crippen molar-refractivity contribution in [1.82, 2.24) is 9.97 Å². The van der Waals surface area contributed by atoms with Crippen molar-refractivity contribution in [2.45, 2.75) is 0 Å². The van der Waals surface area contributed by atoms with Crippen molar-refractivity contribution in [1.29, 1.82) is 0 Å². The van der Waals surface area contributed by atoms with Crippen LogP contribution in [0.5, 0.6) is 0 Å². The maximum absolute atomic E-state index is 4.63. The number of nitrogens with zero attached hydrogens (tertiary/aromatic N) is 2. The van der Waals surface area contributed by atoms with Crippen LogP contribution in [0, 0.1) is 12.1 Å². The van der Waals surface area contributed by atoms with Crippen LogP contribution in [0.1, 0.15) is 0 Å². The molecule has 7 aromatic rings. The summed E-state index contributed by atoms with van der Waals surface area (Å²) in [6.45, 7) is -0.168. The summed E-state index contributed by atoms with van der Waals surface area (Å²) in [5.41, 5.74) is 11.7. The molecule has 0 radical (unpaired) electrons. The monoisotopic (exact) mass is 741 g/mol. The summed E-state index contributed by atoms with van der Waals surface area (Å²) in [6.07, 6.45) is 3.66. The maximum atomic E-state index is 4.63. The summed E-state index contributed by atoms with van der Waals surface area (Å²) in [4.78, 5) is 9.26. The van der Waals surface area contributed by atoms with Crippen molar-refractivity contribution in [3.05, 3.63) is 176 Å². The summed E-state index contributed by atoms with van der Waals surface area (Å²) >= 11 is 0. The van der Waals surface area contributed by atoms with E-state index in [9.17, 15) is 0 Å². The molecule has 0 unspecified atom stereocenters. The van der Waals surface area contributed by atoms with E-state index in [0.717, 1.165) is 33.4 Å². The van der Waals surface area contributed by atoms with E-state index < -0.39 is 0 Å². The van der Waals surface area contributed by atoms with Crippen LogP contribution in [0.25, 0.3) is 44.8 Å². The Morgan fingerprint density at radius 2 is 0.841 bits per heavy atom. The van der Waals surface area contributed by atoms with Gasteiger partial charge in [-0.3, -0.25) is 0 Å². The third kappa shape index (κ3) is 6.11. The largest absolute Gasteiger partial charge is 2.00 e. The van der Waals surface area contributed by atoms with E-state index in [4.69, 9.17) is 0 Å². The molecule has 5 aromatic carbocycles. The minimum atomic E-state index is -0.168. The molecule has 4 heteroatoms. The van der Waals surface area contributed by atoms with Crippen molar-refractivity contribution >= 4 is 23.1 Å². The summed E-state index contributed by atoms with van der Waals surface area (Å²) in [7, 11) is 0. The van der Waals surface area contributed by atoms with E-state index in [1.165, 1.54) is 27.7 Å². The molecule has 0 aliphatic carbocycles. The molecule has 2 nitrogen and oxygen atoms in total. The van der Waals surface area contributed by atoms with Gasteiger partial charge in [0.05, 0.1) is 0 Å². The number of aromatic nitrogens is 2. The van der Waals surface area contributed by atoms with E-state index in [1.807, 2.05) is 48.8 Å². The van der Waals surface area contributed by atoms with Gasteiger partial charge < -0.3 is 9.97 Å². The molecule has 0 N–H and O–H groups in total. The first-order valence-electron chi connectivity index (χ1n) is 14.5. The molecule has 210 valence electrons. The molecule has 0 bridgehead atoms. The SMILES string of the molecule is [Pt+2].[c-]1c(B(c2[c-]c(-c3ccccn3)ccc2)c2c(-c3ccccc3)cccc2-c2ccccc2)cccc1-c1ccccn1. The van der Waals surface area contributed by atoms with Gasteiger partial charge in [-0.05, 0) is 45.8 Å². The van der Waals surface area contributed by atoms with Crippen molar-refractivity contribution in [2.24, 2.45) is 0 Å². The molecule has 2 aromatic heterocycles. The van der Waals surface area contributed by atoms with Gasteiger partial charge in [0.1, 0.15) is 0 Å². The average Bonchev–Trinajstić information content (AvgIpc) is 3.10. The second-order valence-corrected chi connectivity index (χ2v) is 10.4. The first-order valence-corrected chi connectivity index (χ1v) is 14.5.